The maximum Gasteiger partial charge on any atom is 0.143 e. The Morgan fingerprint density at radius 2 is 0.938 bits per heavy atom. The quantitative estimate of drug-likeness (QED) is 0.640. The van der Waals surface area contributed by atoms with Gasteiger partial charge < -0.3 is 10.6 Å². The summed E-state index contributed by atoms with van der Waals surface area (Å²) in [5, 5.41) is 7.86. The van der Waals surface area contributed by atoms with Gasteiger partial charge in [0.05, 0.1) is 0 Å². The molecule has 5 fully saturated rings. The van der Waals surface area contributed by atoms with Crippen LogP contribution >= 0.6 is 0 Å². The van der Waals surface area contributed by atoms with Crippen LogP contribution in [0.15, 0.2) is 0 Å². The second kappa shape index (κ2) is 9.86. The molecule has 4 heteroatoms. The minimum atomic E-state index is -0.0642. The third kappa shape index (κ3) is 4.60. The maximum absolute atomic E-state index is 14.1. The number of nitrogens with one attached hydrogen (secondary N) is 2. The number of carbonyl (C=O) groups excluding carboxylic acids is 2. The molecule has 0 aromatic carbocycles. The zero-order valence-corrected chi connectivity index (χ0v) is 20.5. The largest absolute Gasteiger partial charge is 0.310 e. The van der Waals surface area contributed by atoms with Crippen molar-refractivity contribution in [3.63, 3.8) is 0 Å². The molecule has 6 atom stereocenters. The molecule has 0 aromatic rings. The van der Waals surface area contributed by atoms with E-state index in [1.807, 2.05) is 0 Å². The fraction of sp³-hybridized carbons (Fsp3) is 0.929. The van der Waals surface area contributed by atoms with Crippen molar-refractivity contribution >= 4 is 11.6 Å². The summed E-state index contributed by atoms with van der Waals surface area (Å²) in [6, 6.07) is 1.53. The van der Waals surface area contributed by atoms with E-state index in [0.29, 0.717) is 23.7 Å². The first kappa shape index (κ1) is 23.0. The molecule has 32 heavy (non-hydrogen) atoms. The molecule has 0 aromatic heterocycles. The van der Waals surface area contributed by atoms with Crippen molar-refractivity contribution in [1.29, 1.82) is 0 Å². The predicted molar refractivity (Wildman–Crippen MR) is 128 cm³/mol. The third-order valence-electron chi connectivity index (χ3n) is 10.1. The molecular weight excluding hydrogens is 396 g/mol. The van der Waals surface area contributed by atoms with Crippen molar-refractivity contribution in [2.24, 2.45) is 35.5 Å². The predicted octanol–water partition coefficient (Wildman–Crippen LogP) is 5.04. The average Bonchev–Trinajstić information content (AvgIpc) is 2.80. The Morgan fingerprint density at radius 3 is 1.34 bits per heavy atom. The van der Waals surface area contributed by atoms with Crippen LogP contribution in [-0.4, -0.2) is 35.7 Å². The molecular formula is C28H46N2O2. The van der Waals surface area contributed by atoms with Gasteiger partial charge in [-0.15, -0.1) is 0 Å². The molecule has 0 aliphatic heterocycles. The number of carbonyl (C=O) groups is 2. The average molecular weight is 443 g/mol. The molecule has 0 bridgehead atoms. The summed E-state index contributed by atoms with van der Waals surface area (Å²) < 4.78 is 0. The Morgan fingerprint density at radius 1 is 0.531 bits per heavy atom. The molecule has 0 radical (unpaired) electrons. The Hall–Kier alpha value is -0.740. The fourth-order valence-electron chi connectivity index (χ4n) is 8.16. The van der Waals surface area contributed by atoms with Crippen LogP contribution < -0.4 is 10.6 Å². The lowest BCUT2D eigenvalue weighted by atomic mass is 9.56. The number of hydrogen-bond acceptors (Lipinski definition) is 4. The van der Waals surface area contributed by atoms with Crippen LogP contribution in [-0.2, 0) is 9.59 Å². The molecule has 180 valence electrons. The summed E-state index contributed by atoms with van der Waals surface area (Å²) >= 11 is 0. The molecule has 5 aliphatic rings. The van der Waals surface area contributed by atoms with Gasteiger partial charge in [-0.1, -0.05) is 26.7 Å². The minimum Gasteiger partial charge on any atom is -0.310 e. The second-order valence-corrected chi connectivity index (χ2v) is 12.4. The monoisotopic (exact) mass is 442 g/mol. The topological polar surface area (TPSA) is 58.2 Å². The zero-order valence-electron chi connectivity index (χ0n) is 20.5. The lowest BCUT2D eigenvalue weighted by molar-refractivity contribution is -0.154. The van der Waals surface area contributed by atoms with E-state index in [4.69, 9.17) is 0 Å². The van der Waals surface area contributed by atoms with E-state index in [0.717, 1.165) is 50.4 Å². The number of hydrogen-bond donors (Lipinski definition) is 2. The lowest BCUT2D eigenvalue weighted by Gasteiger charge is -2.50. The van der Waals surface area contributed by atoms with Crippen molar-refractivity contribution in [3.05, 3.63) is 0 Å². The highest BCUT2D eigenvalue weighted by Gasteiger charge is 2.56. The first-order valence-corrected chi connectivity index (χ1v) is 14.1. The first-order chi connectivity index (χ1) is 15.5. The van der Waals surface area contributed by atoms with Gasteiger partial charge in [-0.05, 0) is 88.9 Å². The van der Waals surface area contributed by atoms with Gasteiger partial charge in [-0.3, -0.25) is 9.59 Å². The number of fused-ring (bicyclic) bond motifs is 2. The van der Waals surface area contributed by atoms with E-state index in [9.17, 15) is 9.59 Å². The van der Waals surface area contributed by atoms with Gasteiger partial charge >= 0.3 is 0 Å². The van der Waals surface area contributed by atoms with Crippen LogP contribution in [0.1, 0.15) is 104 Å². The van der Waals surface area contributed by atoms with Crippen LogP contribution in [0.25, 0.3) is 0 Å². The van der Waals surface area contributed by atoms with Crippen LogP contribution in [0.3, 0.4) is 0 Å². The summed E-state index contributed by atoms with van der Waals surface area (Å²) in [5.41, 5.74) is 0. The van der Waals surface area contributed by atoms with Gasteiger partial charge in [0.25, 0.3) is 0 Å². The number of rotatable bonds is 4. The van der Waals surface area contributed by atoms with Gasteiger partial charge in [-0.25, -0.2) is 0 Å². The van der Waals surface area contributed by atoms with Gasteiger partial charge in [0.2, 0.25) is 0 Å². The summed E-state index contributed by atoms with van der Waals surface area (Å²) in [7, 11) is 0. The van der Waals surface area contributed by atoms with E-state index in [2.05, 4.69) is 24.5 Å². The van der Waals surface area contributed by atoms with Crippen molar-refractivity contribution in [2.45, 2.75) is 128 Å². The lowest BCUT2D eigenvalue weighted by Crippen LogP contribution is -2.63. The molecule has 5 aliphatic carbocycles. The van der Waals surface area contributed by atoms with Gasteiger partial charge in [0, 0.05) is 47.8 Å². The fourth-order valence-corrected chi connectivity index (χ4v) is 8.16. The summed E-state index contributed by atoms with van der Waals surface area (Å²) in [5.74, 6) is 2.43. The van der Waals surface area contributed by atoms with Gasteiger partial charge in [-0.2, -0.15) is 0 Å². The van der Waals surface area contributed by atoms with Crippen LogP contribution in [0.4, 0.5) is 0 Å². The molecule has 0 heterocycles. The van der Waals surface area contributed by atoms with Crippen LogP contribution in [0.5, 0.6) is 0 Å². The SMILES string of the molecule is CC1CCC(NC2CCCC3C(=O)C4CCCC(NC5CCC(C)CC5)C4C(=O)C23)CC1. The molecule has 0 saturated heterocycles. The highest BCUT2D eigenvalue weighted by atomic mass is 16.1. The molecule has 2 N–H and O–H groups in total. The Labute approximate surface area is 195 Å². The van der Waals surface area contributed by atoms with E-state index in [1.54, 1.807) is 0 Å². The van der Waals surface area contributed by atoms with Crippen molar-refractivity contribution in [2.75, 3.05) is 0 Å². The van der Waals surface area contributed by atoms with Crippen molar-refractivity contribution in [3.8, 4) is 0 Å². The van der Waals surface area contributed by atoms with Crippen molar-refractivity contribution in [1.82, 2.24) is 10.6 Å². The maximum atomic E-state index is 14.1. The highest BCUT2D eigenvalue weighted by Crippen LogP contribution is 2.47. The summed E-state index contributed by atoms with van der Waals surface area (Å²) in [6.07, 6.45) is 16.3. The Bertz CT molecular complexity index is 623. The zero-order chi connectivity index (χ0) is 22.2. The minimum absolute atomic E-state index is 0.00760. The summed E-state index contributed by atoms with van der Waals surface area (Å²) in [6.45, 7) is 4.72. The van der Waals surface area contributed by atoms with Crippen molar-refractivity contribution < 1.29 is 9.59 Å². The molecule has 0 amide bonds. The first-order valence-electron chi connectivity index (χ1n) is 14.1. The third-order valence-corrected chi connectivity index (χ3v) is 10.1. The van der Waals surface area contributed by atoms with Gasteiger partial charge in [0.1, 0.15) is 11.6 Å². The van der Waals surface area contributed by atoms with E-state index in [1.165, 1.54) is 51.4 Å². The second-order valence-electron chi connectivity index (χ2n) is 12.4. The highest BCUT2D eigenvalue weighted by molar-refractivity contribution is 6.00. The molecule has 5 rings (SSSR count). The standard InChI is InChI=1S/C28H46N2O2/c1-17-9-13-19(14-10-17)29-23-7-3-5-21-25(23)28(32)26-22(27(21)31)6-4-8-24(26)30-20-15-11-18(2)12-16-20/h17-26,29-30H,3-16H2,1-2H3. The molecule has 0 spiro atoms. The Kier molecular flexibility index (Phi) is 7.09. The smallest absolute Gasteiger partial charge is 0.143 e. The van der Waals surface area contributed by atoms with Crippen LogP contribution in [0.2, 0.25) is 0 Å². The van der Waals surface area contributed by atoms with Gasteiger partial charge in [0.15, 0.2) is 0 Å². The van der Waals surface area contributed by atoms with E-state index < -0.39 is 0 Å². The number of Topliss-reactive ketones (excluding diaryl/α,β-unsaturated/α-hetero) is 2. The van der Waals surface area contributed by atoms with E-state index in [-0.39, 0.29) is 35.8 Å². The molecule has 6 unspecified atom stereocenters. The van der Waals surface area contributed by atoms with E-state index >= 15 is 0 Å². The normalized spacial score (nSPS) is 47.6. The molecule has 4 nitrogen and oxygen atoms in total. The Balaban J connectivity index is 1.31. The summed E-state index contributed by atoms with van der Waals surface area (Å²) in [4.78, 5) is 27.8. The number of ketones is 2. The molecule has 5 saturated carbocycles. The van der Waals surface area contributed by atoms with Crippen LogP contribution in [0, 0.1) is 35.5 Å².